The number of carbonyl (C=O) groups is 4. The molecule has 1 fully saturated rings. The second-order valence-corrected chi connectivity index (χ2v) is 6.71. The van der Waals surface area contributed by atoms with E-state index >= 15 is 0 Å². The Balaban J connectivity index is 1.50. The zero-order valence-corrected chi connectivity index (χ0v) is 14.7. The number of nitrogens with zero attached hydrogens (tertiary/aromatic N) is 1. The first-order chi connectivity index (χ1) is 13.4. The Bertz CT molecular complexity index is 999. The lowest BCUT2D eigenvalue weighted by Crippen LogP contribution is -2.37. The minimum atomic E-state index is -0.590. The average molecular weight is 381 g/mol. The van der Waals surface area contributed by atoms with Crippen molar-refractivity contribution in [2.24, 2.45) is 0 Å². The topological polar surface area (TPSA) is 95.6 Å². The second kappa shape index (κ2) is 6.88. The Morgan fingerprint density at radius 1 is 1.00 bits per heavy atom. The molecule has 142 valence electrons. The predicted molar refractivity (Wildman–Crippen MR) is 97.5 cm³/mol. The van der Waals surface area contributed by atoms with Gasteiger partial charge in [0.25, 0.3) is 17.7 Å². The quantitative estimate of drug-likeness (QED) is 0.770. The van der Waals surface area contributed by atoms with Crippen molar-refractivity contribution in [1.29, 1.82) is 0 Å². The first-order valence-electron chi connectivity index (χ1n) is 8.80. The van der Waals surface area contributed by atoms with Crippen molar-refractivity contribution in [2.45, 2.75) is 18.9 Å². The maximum Gasteiger partial charge on any atom is 0.266 e. The standard InChI is InChI=1S/C20H16FN3O4/c21-12-2-6-14(7-3-12)24-19(27)15-8-1-11(9-16(15)20(24)28)18(26)22-10-17(25)23-13-4-5-13/h1-3,6-9,13H,4-5,10H2,(H,22,26)(H,23,25). The summed E-state index contributed by atoms with van der Waals surface area (Å²) < 4.78 is 13.1. The third kappa shape index (κ3) is 3.36. The average Bonchev–Trinajstić information content (AvgIpc) is 3.46. The van der Waals surface area contributed by atoms with Gasteiger partial charge in [-0.25, -0.2) is 9.29 Å². The Morgan fingerprint density at radius 2 is 1.68 bits per heavy atom. The summed E-state index contributed by atoms with van der Waals surface area (Å²) in [5.74, 6) is -2.40. The Morgan fingerprint density at radius 3 is 2.36 bits per heavy atom. The van der Waals surface area contributed by atoms with Gasteiger partial charge < -0.3 is 10.6 Å². The first-order valence-corrected chi connectivity index (χ1v) is 8.80. The van der Waals surface area contributed by atoms with E-state index in [2.05, 4.69) is 10.6 Å². The summed E-state index contributed by atoms with van der Waals surface area (Å²) in [5.41, 5.74) is 0.664. The van der Waals surface area contributed by atoms with Gasteiger partial charge >= 0.3 is 0 Å². The normalized spacial score (nSPS) is 15.4. The van der Waals surface area contributed by atoms with E-state index in [4.69, 9.17) is 0 Å². The van der Waals surface area contributed by atoms with Crippen LogP contribution in [0, 0.1) is 5.82 Å². The molecule has 2 aromatic carbocycles. The van der Waals surface area contributed by atoms with Crippen LogP contribution in [0.4, 0.5) is 10.1 Å². The minimum Gasteiger partial charge on any atom is -0.352 e. The third-order valence-corrected chi connectivity index (χ3v) is 4.59. The third-order valence-electron chi connectivity index (χ3n) is 4.59. The molecule has 0 atom stereocenters. The van der Waals surface area contributed by atoms with Crippen LogP contribution in [0.1, 0.15) is 43.9 Å². The number of halogens is 1. The van der Waals surface area contributed by atoms with Crippen molar-refractivity contribution in [1.82, 2.24) is 10.6 Å². The van der Waals surface area contributed by atoms with Crippen molar-refractivity contribution in [3.63, 3.8) is 0 Å². The van der Waals surface area contributed by atoms with Gasteiger partial charge in [-0.3, -0.25) is 19.2 Å². The molecule has 8 heteroatoms. The maximum absolute atomic E-state index is 13.1. The lowest BCUT2D eigenvalue weighted by molar-refractivity contribution is -0.120. The van der Waals surface area contributed by atoms with E-state index in [-0.39, 0.29) is 40.9 Å². The van der Waals surface area contributed by atoms with Crippen LogP contribution < -0.4 is 15.5 Å². The molecule has 1 heterocycles. The number of amides is 4. The highest BCUT2D eigenvalue weighted by atomic mass is 19.1. The van der Waals surface area contributed by atoms with Gasteiger partial charge in [0, 0.05) is 11.6 Å². The Hall–Kier alpha value is -3.55. The lowest BCUT2D eigenvalue weighted by Gasteiger charge is -2.13. The Kier molecular flexibility index (Phi) is 4.38. The number of hydrogen-bond donors (Lipinski definition) is 2. The fraction of sp³-hybridized carbons (Fsp3) is 0.200. The monoisotopic (exact) mass is 381 g/mol. The molecular formula is C20H16FN3O4. The van der Waals surface area contributed by atoms with Gasteiger partial charge in [-0.15, -0.1) is 0 Å². The van der Waals surface area contributed by atoms with Crippen LogP contribution in [0.25, 0.3) is 0 Å². The lowest BCUT2D eigenvalue weighted by atomic mass is 10.1. The number of hydrogen-bond acceptors (Lipinski definition) is 4. The molecule has 1 aliphatic heterocycles. The van der Waals surface area contributed by atoms with Gasteiger partial charge in [-0.2, -0.15) is 0 Å². The summed E-state index contributed by atoms with van der Waals surface area (Å²) in [6.07, 6.45) is 1.90. The van der Waals surface area contributed by atoms with Crippen LogP contribution in [0.5, 0.6) is 0 Å². The fourth-order valence-electron chi connectivity index (χ4n) is 2.98. The van der Waals surface area contributed by atoms with E-state index < -0.39 is 23.5 Å². The number of nitrogens with one attached hydrogen (secondary N) is 2. The van der Waals surface area contributed by atoms with Crippen LogP contribution in [-0.4, -0.2) is 36.2 Å². The van der Waals surface area contributed by atoms with Gasteiger partial charge in [0.2, 0.25) is 5.91 Å². The second-order valence-electron chi connectivity index (χ2n) is 6.71. The van der Waals surface area contributed by atoms with Gasteiger partial charge in [0.15, 0.2) is 0 Å². The van der Waals surface area contributed by atoms with Crippen molar-refractivity contribution in [3.05, 3.63) is 65.0 Å². The van der Waals surface area contributed by atoms with Gasteiger partial charge in [0.05, 0.1) is 23.4 Å². The highest BCUT2D eigenvalue weighted by molar-refractivity contribution is 6.34. The highest BCUT2D eigenvalue weighted by Crippen LogP contribution is 2.29. The number of benzene rings is 2. The van der Waals surface area contributed by atoms with E-state index in [1.165, 1.54) is 30.3 Å². The molecule has 0 unspecified atom stereocenters. The largest absolute Gasteiger partial charge is 0.352 e. The molecule has 4 rings (SSSR count). The van der Waals surface area contributed by atoms with E-state index in [9.17, 15) is 23.6 Å². The minimum absolute atomic E-state index is 0.0874. The van der Waals surface area contributed by atoms with Crippen LogP contribution in [0.15, 0.2) is 42.5 Å². The molecule has 0 saturated heterocycles. The van der Waals surface area contributed by atoms with E-state index in [1.807, 2.05) is 0 Å². The van der Waals surface area contributed by atoms with Crippen LogP contribution in [0.2, 0.25) is 0 Å². The van der Waals surface area contributed by atoms with Crippen LogP contribution in [-0.2, 0) is 4.79 Å². The molecule has 2 aliphatic rings. The van der Waals surface area contributed by atoms with Crippen molar-refractivity contribution in [2.75, 3.05) is 11.4 Å². The van der Waals surface area contributed by atoms with Gasteiger partial charge in [-0.05, 0) is 55.3 Å². The molecule has 2 N–H and O–H groups in total. The van der Waals surface area contributed by atoms with Gasteiger partial charge in [-0.1, -0.05) is 0 Å². The Labute approximate surface area is 159 Å². The number of carbonyl (C=O) groups excluding carboxylic acids is 4. The molecule has 1 aliphatic carbocycles. The van der Waals surface area contributed by atoms with Crippen molar-refractivity contribution < 1.29 is 23.6 Å². The molecule has 0 spiro atoms. The smallest absolute Gasteiger partial charge is 0.266 e. The SMILES string of the molecule is O=C(CNC(=O)c1ccc2c(c1)C(=O)N(c1ccc(F)cc1)C2=O)NC1CC1. The number of fused-ring (bicyclic) bond motifs is 1. The van der Waals surface area contributed by atoms with Crippen LogP contribution >= 0.6 is 0 Å². The van der Waals surface area contributed by atoms with E-state index in [0.29, 0.717) is 0 Å². The molecule has 0 radical (unpaired) electrons. The highest BCUT2D eigenvalue weighted by Gasteiger charge is 2.37. The van der Waals surface area contributed by atoms with Crippen molar-refractivity contribution >= 4 is 29.3 Å². The van der Waals surface area contributed by atoms with Gasteiger partial charge in [0.1, 0.15) is 5.82 Å². The molecule has 1 saturated carbocycles. The first kappa shape index (κ1) is 17.8. The van der Waals surface area contributed by atoms with Crippen LogP contribution in [0.3, 0.4) is 0 Å². The summed E-state index contributed by atoms with van der Waals surface area (Å²) in [4.78, 5) is 50.1. The van der Waals surface area contributed by atoms with Crippen molar-refractivity contribution in [3.8, 4) is 0 Å². The summed E-state index contributed by atoms with van der Waals surface area (Å²) >= 11 is 0. The maximum atomic E-state index is 13.1. The molecule has 4 amide bonds. The predicted octanol–water partition coefficient (Wildman–Crippen LogP) is 1.63. The molecule has 7 nitrogen and oxygen atoms in total. The van der Waals surface area contributed by atoms with E-state index in [1.54, 1.807) is 0 Å². The molecular weight excluding hydrogens is 365 g/mol. The van der Waals surface area contributed by atoms with E-state index in [0.717, 1.165) is 29.9 Å². The summed E-state index contributed by atoms with van der Waals surface area (Å²) in [6.45, 7) is -0.166. The fourth-order valence-corrected chi connectivity index (χ4v) is 2.98. The molecule has 0 aromatic heterocycles. The number of anilines is 1. The number of imide groups is 1. The summed E-state index contributed by atoms with van der Waals surface area (Å²) in [7, 11) is 0. The zero-order chi connectivity index (χ0) is 19.8. The zero-order valence-electron chi connectivity index (χ0n) is 14.7. The number of rotatable bonds is 5. The summed E-state index contributed by atoms with van der Waals surface area (Å²) in [5, 5.41) is 5.25. The molecule has 2 aromatic rings. The molecule has 28 heavy (non-hydrogen) atoms. The summed E-state index contributed by atoms with van der Waals surface area (Å²) in [6, 6.07) is 9.34. The molecule has 0 bridgehead atoms.